The van der Waals surface area contributed by atoms with Crippen LogP contribution in [0.4, 0.5) is 13.2 Å². The molecule has 1 heterocycles. The molecule has 1 aromatic heterocycles. The van der Waals surface area contributed by atoms with Crippen LogP contribution in [0.3, 0.4) is 0 Å². The van der Waals surface area contributed by atoms with Crippen LogP contribution in [0.25, 0.3) is 5.69 Å². The Bertz CT molecular complexity index is 623. The first-order chi connectivity index (χ1) is 9.87. The monoisotopic (exact) mass is 300 g/mol. The third kappa shape index (κ3) is 3.98. The molecule has 0 amide bonds. The van der Waals surface area contributed by atoms with E-state index in [1.165, 1.54) is 10.9 Å². The van der Waals surface area contributed by atoms with Crippen LogP contribution >= 0.6 is 0 Å². The second kappa shape index (κ2) is 5.86. The standard InChI is InChI=1S/C13H11F3N2O3/c14-13(15,16)6-7-21-10-8-18(17-11(10)12(19)20)9-4-2-1-3-5-9/h1-5,8H,6-7H2,(H,19,20). The summed E-state index contributed by atoms with van der Waals surface area (Å²) in [4.78, 5) is 11.0. The summed E-state index contributed by atoms with van der Waals surface area (Å²) in [7, 11) is 0. The predicted molar refractivity (Wildman–Crippen MR) is 66.7 cm³/mol. The second-order valence-electron chi connectivity index (χ2n) is 4.14. The molecule has 1 aromatic carbocycles. The molecular formula is C13H11F3N2O3. The van der Waals surface area contributed by atoms with Crippen molar-refractivity contribution in [2.24, 2.45) is 0 Å². The maximum atomic E-state index is 12.1. The molecule has 0 spiro atoms. The zero-order valence-corrected chi connectivity index (χ0v) is 10.7. The van der Waals surface area contributed by atoms with E-state index in [1.54, 1.807) is 30.3 Å². The fourth-order valence-corrected chi connectivity index (χ4v) is 1.60. The zero-order valence-electron chi connectivity index (χ0n) is 10.7. The van der Waals surface area contributed by atoms with Crippen molar-refractivity contribution in [2.45, 2.75) is 12.6 Å². The second-order valence-corrected chi connectivity index (χ2v) is 4.14. The van der Waals surface area contributed by atoms with Gasteiger partial charge in [0.1, 0.15) is 0 Å². The van der Waals surface area contributed by atoms with Gasteiger partial charge in [0.2, 0.25) is 5.69 Å². The summed E-state index contributed by atoms with van der Waals surface area (Å²) >= 11 is 0. The molecule has 0 aliphatic rings. The maximum Gasteiger partial charge on any atom is 0.392 e. The van der Waals surface area contributed by atoms with E-state index in [2.05, 4.69) is 5.10 Å². The van der Waals surface area contributed by atoms with E-state index < -0.39 is 30.9 Å². The number of aromatic nitrogens is 2. The molecule has 112 valence electrons. The van der Waals surface area contributed by atoms with Crippen molar-refractivity contribution in [1.82, 2.24) is 9.78 Å². The van der Waals surface area contributed by atoms with Gasteiger partial charge in [0, 0.05) is 0 Å². The molecule has 0 radical (unpaired) electrons. The highest BCUT2D eigenvalue weighted by Crippen LogP contribution is 2.23. The van der Waals surface area contributed by atoms with Crippen LogP contribution in [0, 0.1) is 0 Å². The largest absolute Gasteiger partial charge is 0.489 e. The summed E-state index contributed by atoms with van der Waals surface area (Å²) < 4.78 is 42.3. The summed E-state index contributed by atoms with van der Waals surface area (Å²) in [6, 6.07) is 8.57. The number of hydrogen-bond acceptors (Lipinski definition) is 3. The first kappa shape index (κ1) is 14.9. The summed E-state index contributed by atoms with van der Waals surface area (Å²) in [6.45, 7) is -0.662. The number of halogens is 3. The Hall–Kier alpha value is -2.51. The molecule has 0 saturated carbocycles. The number of aromatic carboxylic acids is 1. The molecule has 0 bridgehead atoms. The number of rotatable bonds is 5. The summed E-state index contributed by atoms with van der Waals surface area (Å²) in [5, 5.41) is 12.8. The van der Waals surface area contributed by atoms with Gasteiger partial charge in [-0.15, -0.1) is 0 Å². The Morgan fingerprint density at radius 1 is 1.29 bits per heavy atom. The van der Waals surface area contributed by atoms with Gasteiger partial charge >= 0.3 is 12.1 Å². The van der Waals surface area contributed by atoms with Crippen molar-refractivity contribution in [1.29, 1.82) is 0 Å². The van der Waals surface area contributed by atoms with Gasteiger partial charge in [0.15, 0.2) is 5.75 Å². The van der Waals surface area contributed by atoms with E-state index in [1.807, 2.05) is 0 Å². The van der Waals surface area contributed by atoms with Crippen LogP contribution in [-0.4, -0.2) is 33.6 Å². The highest BCUT2D eigenvalue weighted by Gasteiger charge is 2.27. The summed E-state index contributed by atoms with van der Waals surface area (Å²) in [5.74, 6) is -1.57. The number of hydrogen-bond donors (Lipinski definition) is 1. The van der Waals surface area contributed by atoms with Gasteiger partial charge in [-0.2, -0.15) is 18.3 Å². The molecule has 0 saturated heterocycles. The van der Waals surface area contributed by atoms with Crippen molar-refractivity contribution in [3.63, 3.8) is 0 Å². The SMILES string of the molecule is O=C(O)c1nn(-c2ccccc2)cc1OCCC(F)(F)F. The molecule has 0 fully saturated rings. The molecule has 0 atom stereocenters. The van der Waals surface area contributed by atoms with Crippen molar-refractivity contribution in [2.75, 3.05) is 6.61 Å². The van der Waals surface area contributed by atoms with Crippen LogP contribution in [0.15, 0.2) is 36.5 Å². The Labute approximate surface area is 117 Å². The number of carboxylic acid groups (broad SMARTS) is 1. The third-order valence-corrected chi connectivity index (χ3v) is 2.55. The number of carboxylic acids is 1. The molecule has 2 rings (SSSR count). The highest BCUT2D eigenvalue weighted by atomic mass is 19.4. The van der Waals surface area contributed by atoms with Gasteiger partial charge in [-0.05, 0) is 12.1 Å². The minimum absolute atomic E-state index is 0.199. The smallest absolute Gasteiger partial charge is 0.392 e. The van der Waals surface area contributed by atoms with E-state index in [4.69, 9.17) is 9.84 Å². The number of para-hydroxylation sites is 1. The van der Waals surface area contributed by atoms with Crippen molar-refractivity contribution in [3.8, 4) is 11.4 Å². The fraction of sp³-hybridized carbons (Fsp3) is 0.231. The lowest BCUT2D eigenvalue weighted by Crippen LogP contribution is -2.13. The molecule has 1 N–H and O–H groups in total. The number of carbonyl (C=O) groups is 1. The minimum atomic E-state index is -4.36. The van der Waals surface area contributed by atoms with E-state index in [0.29, 0.717) is 5.69 Å². The van der Waals surface area contributed by atoms with Crippen LogP contribution in [-0.2, 0) is 0 Å². The lowest BCUT2D eigenvalue weighted by molar-refractivity contribution is -0.139. The van der Waals surface area contributed by atoms with Gasteiger partial charge < -0.3 is 9.84 Å². The summed E-state index contributed by atoms with van der Waals surface area (Å²) in [6.07, 6.45) is -4.28. The van der Waals surface area contributed by atoms with Crippen LogP contribution in [0.5, 0.6) is 5.75 Å². The number of ether oxygens (including phenoxy) is 1. The van der Waals surface area contributed by atoms with Crippen molar-refractivity contribution >= 4 is 5.97 Å². The molecule has 2 aromatic rings. The van der Waals surface area contributed by atoms with Gasteiger partial charge in [-0.3, -0.25) is 0 Å². The van der Waals surface area contributed by atoms with E-state index in [0.717, 1.165) is 0 Å². The lowest BCUT2D eigenvalue weighted by Gasteiger charge is -2.07. The fourth-order valence-electron chi connectivity index (χ4n) is 1.60. The first-order valence-electron chi connectivity index (χ1n) is 5.95. The average molecular weight is 300 g/mol. The van der Waals surface area contributed by atoms with Gasteiger partial charge in [-0.1, -0.05) is 18.2 Å². The van der Waals surface area contributed by atoms with Crippen LogP contribution < -0.4 is 4.74 Å². The topological polar surface area (TPSA) is 64.3 Å². The normalized spacial score (nSPS) is 11.4. The average Bonchev–Trinajstić information content (AvgIpc) is 2.83. The first-order valence-corrected chi connectivity index (χ1v) is 5.95. The van der Waals surface area contributed by atoms with Crippen molar-refractivity contribution in [3.05, 3.63) is 42.2 Å². The molecule has 0 unspecified atom stereocenters. The van der Waals surface area contributed by atoms with Gasteiger partial charge in [-0.25, -0.2) is 9.48 Å². The number of benzene rings is 1. The molecule has 0 aliphatic heterocycles. The molecule has 0 aliphatic carbocycles. The summed E-state index contributed by atoms with van der Waals surface area (Å²) in [5.41, 5.74) is 0.145. The zero-order chi connectivity index (χ0) is 15.5. The van der Waals surface area contributed by atoms with E-state index >= 15 is 0 Å². The number of alkyl halides is 3. The molecule has 8 heteroatoms. The van der Waals surface area contributed by atoms with Crippen LogP contribution in [0.1, 0.15) is 16.9 Å². The van der Waals surface area contributed by atoms with Gasteiger partial charge in [0.05, 0.1) is 24.9 Å². The lowest BCUT2D eigenvalue weighted by atomic mass is 10.3. The predicted octanol–water partition coefficient (Wildman–Crippen LogP) is 2.90. The van der Waals surface area contributed by atoms with Crippen molar-refractivity contribution < 1.29 is 27.8 Å². The van der Waals surface area contributed by atoms with Gasteiger partial charge in [0.25, 0.3) is 0 Å². The van der Waals surface area contributed by atoms with E-state index in [9.17, 15) is 18.0 Å². The quantitative estimate of drug-likeness (QED) is 0.922. The Morgan fingerprint density at radius 2 is 1.95 bits per heavy atom. The number of nitrogens with zero attached hydrogens (tertiary/aromatic N) is 2. The molecule has 21 heavy (non-hydrogen) atoms. The Kier molecular flexibility index (Phi) is 4.15. The highest BCUT2D eigenvalue weighted by molar-refractivity contribution is 5.88. The molecule has 5 nitrogen and oxygen atoms in total. The minimum Gasteiger partial charge on any atom is -0.489 e. The van der Waals surface area contributed by atoms with E-state index in [-0.39, 0.29) is 5.75 Å². The maximum absolute atomic E-state index is 12.1. The third-order valence-electron chi connectivity index (χ3n) is 2.55. The molecular weight excluding hydrogens is 289 g/mol. The Morgan fingerprint density at radius 3 is 2.52 bits per heavy atom. The Balaban J connectivity index is 2.20. The van der Waals surface area contributed by atoms with Crippen LogP contribution in [0.2, 0.25) is 0 Å².